The maximum atomic E-state index is 3.68. The Kier molecular flexibility index (Phi) is 6.37. The Morgan fingerprint density at radius 1 is 1.10 bits per heavy atom. The fourth-order valence-electron chi connectivity index (χ4n) is 2.72. The van der Waals surface area contributed by atoms with Gasteiger partial charge in [0.15, 0.2) is 0 Å². The smallest absolute Gasteiger partial charge is 1.00 e. The summed E-state index contributed by atoms with van der Waals surface area (Å²) < 4.78 is 3.13. The fourth-order valence-corrected chi connectivity index (χ4v) is 5.14. The van der Waals surface area contributed by atoms with E-state index in [0.717, 1.165) is 6.42 Å². The minimum Gasteiger partial charge on any atom is -1.00 e. The Balaban J connectivity index is 0.00000110. The zero-order valence-electron chi connectivity index (χ0n) is 12.5. The van der Waals surface area contributed by atoms with Gasteiger partial charge in [0.1, 0.15) is 0 Å². The maximum Gasteiger partial charge on any atom is -1.00 e. The molecule has 0 aliphatic heterocycles. The monoisotopic (exact) mass is 355 g/mol. The molecule has 1 heterocycles. The van der Waals surface area contributed by atoms with Crippen LogP contribution in [-0.2, 0) is 24.6 Å². The summed E-state index contributed by atoms with van der Waals surface area (Å²) in [6.07, 6.45) is 7.91. The number of aromatic amines is 1. The first-order valence-electron chi connectivity index (χ1n) is 6.79. The van der Waals surface area contributed by atoms with E-state index < -0.39 is 0 Å². The van der Waals surface area contributed by atoms with Crippen molar-refractivity contribution in [3.63, 3.8) is 0 Å². The van der Waals surface area contributed by atoms with Crippen molar-refractivity contribution in [1.29, 1.82) is 0 Å². The van der Waals surface area contributed by atoms with E-state index in [1.165, 1.54) is 20.5 Å². The number of benzene rings is 1. The topological polar surface area (TPSA) is 15.8 Å². The molecular weight excluding hydrogens is 337 g/mol. The van der Waals surface area contributed by atoms with E-state index in [1.54, 1.807) is 3.88 Å². The molecule has 1 N–H and O–H groups in total. The third-order valence-corrected chi connectivity index (χ3v) is 5.57. The second kappa shape index (κ2) is 7.20. The summed E-state index contributed by atoms with van der Waals surface area (Å²) in [5.74, 6) is 0. The zero-order valence-corrected chi connectivity index (χ0v) is 15.6. The molecule has 1 aliphatic rings. The molecule has 1 aromatic carbocycles. The predicted octanol–water partition coefficient (Wildman–Crippen LogP) is -1.97. The van der Waals surface area contributed by atoms with Crippen LogP contribution in [0.2, 0.25) is 0 Å². The third kappa shape index (κ3) is 3.84. The Labute approximate surface area is 148 Å². The van der Waals surface area contributed by atoms with Crippen LogP contribution in [0.25, 0.3) is 10.9 Å². The third-order valence-electron chi connectivity index (χ3n) is 3.51. The first kappa shape index (κ1) is 18.6. The van der Waals surface area contributed by atoms with Crippen LogP contribution in [-0.4, -0.2) is 4.98 Å². The van der Waals surface area contributed by atoms with Gasteiger partial charge in [-0.05, 0) is 0 Å². The average molecular weight is 356 g/mol. The Hall–Kier alpha value is -0.466. The molecule has 1 nitrogen and oxygen atoms in total. The Morgan fingerprint density at radius 3 is 2.43 bits per heavy atom. The molecule has 0 spiro atoms. The summed E-state index contributed by atoms with van der Waals surface area (Å²) in [5.41, 5.74) is 3.01. The van der Waals surface area contributed by atoms with E-state index in [0.29, 0.717) is 0 Å². The van der Waals surface area contributed by atoms with Crippen molar-refractivity contribution in [3.05, 3.63) is 51.9 Å². The molecule has 110 valence electrons. The van der Waals surface area contributed by atoms with Crippen LogP contribution in [0.15, 0.2) is 46.4 Å². The minimum absolute atomic E-state index is 0. The second-order valence-corrected chi connectivity index (χ2v) is 8.29. The molecule has 1 aliphatic carbocycles. The van der Waals surface area contributed by atoms with Gasteiger partial charge in [-0.2, -0.15) is 0 Å². The average Bonchev–Trinajstić information content (AvgIpc) is 2.94. The standard InChI is InChI=1S/C12H14N.C5H5.2ClH.Ti/c1-12(2,3)10-8-13-11-7-5-4-6-9(10)11;1-2-4-5-3-1;;;/h4-7,13H,1-3H3;1-3H,4H2;2*1H;/q;;;;+2/p-2. The molecule has 0 radical (unpaired) electrons. The van der Waals surface area contributed by atoms with E-state index in [1.807, 2.05) is 0 Å². The summed E-state index contributed by atoms with van der Waals surface area (Å²) in [5, 5.41) is 1.40. The fraction of sp³-hybridized carbons (Fsp3) is 0.294. The van der Waals surface area contributed by atoms with Crippen molar-refractivity contribution in [2.45, 2.75) is 32.6 Å². The summed E-state index contributed by atoms with van der Waals surface area (Å²) in [6, 6.07) is 8.71. The van der Waals surface area contributed by atoms with E-state index in [4.69, 9.17) is 0 Å². The van der Waals surface area contributed by atoms with Crippen LogP contribution in [0.4, 0.5) is 0 Å². The number of aromatic nitrogens is 1. The van der Waals surface area contributed by atoms with Crippen molar-refractivity contribution < 1.29 is 44.0 Å². The molecule has 0 unspecified atom stereocenters. The molecule has 0 bridgehead atoms. The number of nitrogens with one attached hydrogen (secondary N) is 1. The number of allylic oxidation sites excluding steroid dienone is 4. The van der Waals surface area contributed by atoms with Crippen LogP contribution < -0.4 is 28.8 Å². The van der Waals surface area contributed by atoms with Crippen LogP contribution in [0, 0.1) is 0 Å². The van der Waals surface area contributed by atoms with Gasteiger partial charge in [-0.1, -0.05) is 0 Å². The zero-order chi connectivity index (χ0) is 13.5. The summed E-state index contributed by atoms with van der Waals surface area (Å²) in [4.78, 5) is 3.68. The largest absolute Gasteiger partial charge is 1.00 e. The van der Waals surface area contributed by atoms with Crippen molar-refractivity contribution in [3.8, 4) is 0 Å². The number of fused-ring (bicyclic) bond motifs is 1. The SMILES string of the molecule is CC(C)(C)c1[c]([Ti+2][C]2=CC=CC2)[nH]c2ccccc12.[Cl-].[Cl-]. The number of rotatable bonds is 2. The van der Waals surface area contributed by atoms with Crippen molar-refractivity contribution in [2.24, 2.45) is 0 Å². The molecule has 21 heavy (non-hydrogen) atoms. The predicted molar refractivity (Wildman–Crippen MR) is 78.5 cm³/mol. The van der Waals surface area contributed by atoms with Gasteiger partial charge in [0.25, 0.3) is 0 Å². The van der Waals surface area contributed by atoms with Crippen LogP contribution >= 0.6 is 0 Å². The van der Waals surface area contributed by atoms with Crippen molar-refractivity contribution >= 4 is 14.9 Å². The van der Waals surface area contributed by atoms with Gasteiger partial charge in [0.05, 0.1) is 0 Å². The van der Waals surface area contributed by atoms with Gasteiger partial charge in [-0.3, -0.25) is 0 Å². The number of hydrogen-bond acceptors (Lipinski definition) is 0. The van der Waals surface area contributed by atoms with E-state index in [2.05, 4.69) is 68.2 Å². The molecule has 1 aromatic heterocycles. The van der Waals surface area contributed by atoms with E-state index >= 15 is 0 Å². The molecule has 4 heteroatoms. The van der Waals surface area contributed by atoms with E-state index in [9.17, 15) is 0 Å². The molecule has 3 rings (SSSR count). The molecule has 0 fully saturated rings. The van der Waals surface area contributed by atoms with Gasteiger partial charge in [0, 0.05) is 0 Å². The van der Waals surface area contributed by atoms with Crippen LogP contribution in [0.3, 0.4) is 0 Å². The Bertz CT molecular complexity index is 678. The van der Waals surface area contributed by atoms with Gasteiger partial charge in [0.2, 0.25) is 0 Å². The number of H-pyrrole nitrogens is 1. The molecular formula is C17H19Cl2NTi. The molecule has 0 amide bonds. The maximum absolute atomic E-state index is 3.68. The number of para-hydroxylation sites is 1. The summed E-state index contributed by atoms with van der Waals surface area (Å²) >= 11 is -0.220. The van der Waals surface area contributed by atoms with E-state index in [-0.39, 0.29) is 49.4 Å². The Morgan fingerprint density at radius 2 is 1.81 bits per heavy atom. The quantitative estimate of drug-likeness (QED) is 0.601. The minimum atomic E-state index is -0.220. The summed E-state index contributed by atoms with van der Waals surface area (Å²) in [7, 11) is 0. The first-order chi connectivity index (χ1) is 9.05. The normalized spacial score (nSPS) is 13.4. The molecule has 0 saturated carbocycles. The second-order valence-electron chi connectivity index (χ2n) is 6.12. The molecule has 2 aromatic rings. The van der Waals surface area contributed by atoms with Gasteiger partial charge in [-0.15, -0.1) is 0 Å². The number of halogens is 2. The summed E-state index contributed by atoms with van der Waals surface area (Å²) in [6.45, 7) is 6.96. The van der Waals surface area contributed by atoms with Gasteiger partial charge < -0.3 is 24.8 Å². The van der Waals surface area contributed by atoms with Gasteiger partial charge >= 0.3 is 124 Å². The molecule has 0 saturated heterocycles. The van der Waals surface area contributed by atoms with Crippen molar-refractivity contribution in [2.75, 3.05) is 0 Å². The van der Waals surface area contributed by atoms with Crippen molar-refractivity contribution in [1.82, 2.24) is 4.98 Å². The van der Waals surface area contributed by atoms with Crippen LogP contribution in [0.1, 0.15) is 32.8 Å². The first-order valence-corrected chi connectivity index (χ1v) is 8.36. The van der Waals surface area contributed by atoms with Crippen LogP contribution in [0.5, 0.6) is 0 Å². The molecule has 0 atom stereocenters. The number of hydrogen-bond donors (Lipinski definition) is 1. The van der Waals surface area contributed by atoms with Gasteiger partial charge in [-0.25, -0.2) is 0 Å².